The third kappa shape index (κ3) is 5.08. The molecular weight excluding hydrogens is 268 g/mol. The van der Waals surface area contributed by atoms with Crippen molar-refractivity contribution in [3.8, 4) is 0 Å². The molecule has 0 amide bonds. The highest BCUT2D eigenvalue weighted by molar-refractivity contribution is 6.31. The monoisotopic (exact) mass is 296 g/mol. The number of nitrogens with two attached hydrogens (primary N) is 1. The lowest BCUT2D eigenvalue weighted by Crippen LogP contribution is -2.35. The number of benzene rings is 1. The molecule has 0 aromatic heterocycles. The lowest BCUT2D eigenvalue weighted by Gasteiger charge is -2.31. The lowest BCUT2D eigenvalue weighted by molar-refractivity contribution is 0.195. The Hall–Kier alpha value is -0.570. The second kappa shape index (κ2) is 9.38. The molecule has 0 aliphatic heterocycles. The van der Waals surface area contributed by atoms with E-state index in [1.807, 2.05) is 6.92 Å². The van der Waals surface area contributed by atoms with Crippen molar-refractivity contribution in [2.24, 2.45) is 5.73 Å². The Kier molecular flexibility index (Phi) is 8.20. The van der Waals surface area contributed by atoms with Crippen molar-refractivity contribution in [2.45, 2.75) is 52.5 Å². The standard InChI is InChI=1S/C17H29ClN2/c1-4-6-10-20(11-7-5-2)17(13-19)15-9-8-14(3)16(18)12-15/h8-9,12,17H,4-7,10-11,13,19H2,1-3H3. The van der Waals surface area contributed by atoms with Gasteiger partial charge in [0.15, 0.2) is 0 Å². The summed E-state index contributed by atoms with van der Waals surface area (Å²) < 4.78 is 0. The van der Waals surface area contributed by atoms with Gasteiger partial charge in [0.1, 0.15) is 0 Å². The van der Waals surface area contributed by atoms with Crippen LogP contribution in [-0.4, -0.2) is 24.5 Å². The molecule has 114 valence electrons. The molecule has 3 heteroatoms. The molecule has 0 aliphatic carbocycles. The first-order valence-electron chi connectivity index (χ1n) is 7.84. The first kappa shape index (κ1) is 17.5. The predicted octanol–water partition coefficient (Wildman–Crippen LogP) is 4.55. The van der Waals surface area contributed by atoms with Crippen molar-refractivity contribution in [1.29, 1.82) is 0 Å². The fourth-order valence-electron chi connectivity index (χ4n) is 2.46. The van der Waals surface area contributed by atoms with Gasteiger partial charge in [-0.15, -0.1) is 0 Å². The Bertz CT molecular complexity index is 385. The van der Waals surface area contributed by atoms with E-state index in [9.17, 15) is 0 Å². The minimum atomic E-state index is 0.284. The molecule has 2 nitrogen and oxygen atoms in total. The van der Waals surface area contributed by atoms with Crippen LogP contribution in [0.25, 0.3) is 0 Å². The fourth-order valence-corrected chi connectivity index (χ4v) is 2.65. The van der Waals surface area contributed by atoms with E-state index < -0.39 is 0 Å². The molecule has 1 unspecified atom stereocenters. The third-order valence-electron chi connectivity index (χ3n) is 3.84. The summed E-state index contributed by atoms with van der Waals surface area (Å²) >= 11 is 6.27. The molecule has 0 aliphatic rings. The molecule has 0 fully saturated rings. The van der Waals surface area contributed by atoms with E-state index in [0.29, 0.717) is 6.54 Å². The van der Waals surface area contributed by atoms with Gasteiger partial charge < -0.3 is 5.73 Å². The summed E-state index contributed by atoms with van der Waals surface area (Å²) in [5.41, 5.74) is 8.42. The van der Waals surface area contributed by atoms with E-state index in [0.717, 1.165) is 23.7 Å². The quantitative estimate of drug-likeness (QED) is 0.724. The van der Waals surface area contributed by atoms with Crippen molar-refractivity contribution in [2.75, 3.05) is 19.6 Å². The summed E-state index contributed by atoms with van der Waals surface area (Å²) in [6.07, 6.45) is 4.88. The van der Waals surface area contributed by atoms with E-state index in [4.69, 9.17) is 17.3 Å². The first-order chi connectivity index (χ1) is 9.63. The first-order valence-corrected chi connectivity index (χ1v) is 8.22. The van der Waals surface area contributed by atoms with Crippen LogP contribution in [0.15, 0.2) is 18.2 Å². The largest absolute Gasteiger partial charge is 0.329 e. The van der Waals surface area contributed by atoms with Gasteiger partial charge in [0.25, 0.3) is 0 Å². The average molecular weight is 297 g/mol. The van der Waals surface area contributed by atoms with Crippen molar-refractivity contribution < 1.29 is 0 Å². The lowest BCUT2D eigenvalue weighted by atomic mass is 10.0. The number of aryl methyl sites for hydroxylation is 1. The topological polar surface area (TPSA) is 29.3 Å². The highest BCUT2D eigenvalue weighted by Gasteiger charge is 2.18. The predicted molar refractivity (Wildman–Crippen MR) is 89.4 cm³/mol. The molecule has 1 aromatic rings. The summed E-state index contributed by atoms with van der Waals surface area (Å²) in [5, 5.41) is 0.840. The molecule has 0 saturated heterocycles. The van der Waals surface area contributed by atoms with E-state index in [1.54, 1.807) is 0 Å². The van der Waals surface area contributed by atoms with Gasteiger partial charge in [-0.2, -0.15) is 0 Å². The Balaban J connectivity index is 2.88. The number of rotatable bonds is 9. The molecular formula is C17H29ClN2. The highest BCUT2D eigenvalue weighted by Crippen LogP contribution is 2.25. The summed E-state index contributed by atoms with van der Waals surface area (Å²) in [7, 11) is 0. The van der Waals surface area contributed by atoms with E-state index in [-0.39, 0.29) is 6.04 Å². The van der Waals surface area contributed by atoms with Crippen molar-refractivity contribution in [3.63, 3.8) is 0 Å². The van der Waals surface area contributed by atoms with Crippen molar-refractivity contribution in [3.05, 3.63) is 34.3 Å². The number of halogens is 1. The molecule has 1 atom stereocenters. The maximum absolute atomic E-state index is 6.27. The summed E-state index contributed by atoms with van der Waals surface area (Å²) in [5.74, 6) is 0. The van der Waals surface area contributed by atoms with Crippen molar-refractivity contribution >= 4 is 11.6 Å². The molecule has 0 saturated carbocycles. The van der Waals surface area contributed by atoms with E-state index in [1.165, 1.54) is 31.2 Å². The van der Waals surface area contributed by atoms with Crippen LogP contribution >= 0.6 is 11.6 Å². The summed E-state index contributed by atoms with van der Waals surface area (Å²) in [6.45, 7) is 9.38. The van der Waals surface area contributed by atoms with Crippen molar-refractivity contribution in [1.82, 2.24) is 4.90 Å². The molecule has 20 heavy (non-hydrogen) atoms. The number of unbranched alkanes of at least 4 members (excludes halogenated alkanes) is 2. The number of hydrogen-bond donors (Lipinski definition) is 1. The Labute approximate surface area is 129 Å². The minimum Gasteiger partial charge on any atom is -0.329 e. The smallest absolute Gasteiger partial charge is 0.0470 e. The van der Waals surface area contributed by atoms with Crippen LogP contribution in [-0.2, 0) is 0 Å². The zero-order valence-corrected chi connectivity index (χ0v) is 13.9. The second-order valence-corrected chi connectivity index (χ2v) is 5.91. The molecule has 0 spiro atoms. The van der Waals surface area contributed by atoms with Gasteiger partial charge >= 0.3 is 0 Å². The van der Waals surface area contributed by atoms with Crippen LogP contribution in [0.2, 0.25) is 5.02 Å². The highest BCUT2D eigenvalue weighted by atomic mass is 35.5. The Morgan fingerprint density at radius 1 is 1.15 bits per heavy atom. The zero-order valence-electron chi connectivity index (χ0n) is 13.2. The normalized spacial score (nSPS) is 12.9. The maximum atomic E-state index is 6.27. The molecule has 2 N–H and O–H groups in total. The number of nitrogens with zero attached hydrogens (tertiary/aromatic N) is 1. The maximum Gasteiger partial charge on any atom is 0.0470 e. The molecule has 0 heterocycles. The summed E-state index contributed by atoms with van der Waals surface area (Å²) in [4.78, 5) is 2.52. The average Bonchev–Trinajstić information content (AvgIpc) is 2.45. The summed E-state index contributed by atoms with van der Waals surface area (Å²) in [6, 6.07) is 6.63. The van der Waals surface area contributed by atoms with E-state index in [2.05, 4.69) is 36.9 Å². The van der Waals surface area contributed by atoms with Crippen LogP contribution in [0.5, 0.6) is 0 Å². The molecule has 1 aromatic carbocycles. The van der Waals surface area contributed by atoms with Crippen LogP contribution < -0.4 is 5.73 Å². The fraction of sp³-hybridized carbons (Fsp3) is 0.647. The van der Waals surface area contributed by atoms with Crippen LogP contribution in [0, 0.1) is 6.92 Å². The van der Waals surface area contributed by atoms with Crippen LogP contribution in [0.4, 0.5) is 0 Å². The van der Waals surface area contributed by atoms with Gasteiger partial charge in [0.2, 0.25) is 0 Å². The van der Waals surface area contributed by atoms with Crippen LogP contribution in [0.1, 0.15) is 56.7 Å². The molecule has 1 rings (SSSR count). The number of hydrogen-bond acceptors (Lipinski definition) is 2. The zero-order chi connectivity index (χ0) is 15.0. The van der Waals surface area contributed by atoms with Gasteiger partial charge in [-0.25, -0.2) is 0 Å². The Morgan fingerprint density at radius 2 is 1.75 bits per heavy atom. The molecule has 0 radical (unpaired) electrons. The van der Waals surface area contributed by atoms with Gasteiger partial charge in [0.05, 0.1) is 0 Å². The third-order valence-corrected chi connectivity index (χ3v) is 4.25. The van der Waals surface area contributed by atoms with Crippen LogP contribution in [0.3, 0.4) is 0 Å². The van der Waals surface area contributed by atoms with Gasteiger partial charge in [-0.05, 0) is 50.0 Å². The SMILES string of the molecule is CCCCN(CCCC)C(CN)c1ccc(C)c(Cl)c1. The van der Waals surface area contributed by atoms with Gasteiger partial charge in [-0.1, -0.05) is 50.4 Å². The van der Waals surface area contributed by atoms with Gasteiger partial charge in [-0.3, -0.25) is 4.90 Å². The van der Waals surface area contributed by atoms with Gasteiger partial charge in [0, 0.05) is 17.6 Å². The molecule has 0 bridgehead atoms. The van der Waals surface area contributed by atoms with E-state index >= 15 is 0 Å². The Morgan fingerprint density at radius 3 is 2.20 bits per heavy atom. The second-order valence-electron chi connectivity index (χ2n) is 5.50. The minimum absolute atomic E-state index is 0.284.